The highest BCUT2D eigenvalue weighted by atomic mass is 32.2. The van der Waals surface area contributed by atoms with Crippen LogP contribution in [0.1, 0.15) is 27.8 Å². The van der Waals surface area contributed by atoms with Crippen LogP contribution >= 0.6 is 0 Å². The fraction of sp³-hybridized carbons (Fsp3) is 0.102. The quantitative estimate of drug-likeness (QED) is 0.0349. The molecule has 0 aliphatic heterocycles. The van der Waals surface area contributed by atoms with E-state index in [4.69, 9.17) is 17.2 Å². The molecule has 8 rings (SSSR count). The van der Waals surface area contributed by atoms with Crippen LogP contribution in [0.25, 0.3) is 43.8 Å². The van der Waals surface area contributed by atoms with Crippen molar-refractivity contribution in [3.05, 3.63) is 137 Å². The molecule has 0 saturated heterocycles. The summed E-state index contributed by atoms with van der Waals surface area (Å²) in [5.41, 5.74) is 26.5. The van der Waals surface area contributed by atoms with Crippen molar-refractivity contribution < 1.29 is 62.1 Å². The van der Waals surface area contributed by atoms with Crippen LogP contribution in [0, 0.1) is 34.6 Å². The summed E-state index contributed by atoms with van der Waals surface area (Å²) in [5, 5.41) is 36.6. The third-order valence-corrected chi connectivity index (χ3v) is 15.5. The van der Waals surface area contributed by atoms with Gasteiger partial charge in [0.05, 0.1) is 33.5 Å². The van der Waals surface area contributed by atoms with E-state index in [-0.39, 0.29) is 22.1 Å². The Hall–Kier alpha value is -7.88. The van der Waals surface area contributed by atoms with Crippen molar-refractivity contribution in [1.29, 1.82) is 0 Å². The third kappa shape index (κ3) is 11.0. The van der Waals surface area contributed by atoms with Crippen LogP contribution in [-0.2, 0) is 40.5 Å². The van der Waals surface area contributed by atoms with E-state index in [9.17, 15) is 62.1 Å². The molecule has 384 valence electrons. The molecule has 12 N–H and O–H groups in total. The Morgan fingerprint density at radius 3 is 1.00 bits per heavy atom. The van der Waals surface area contributed by atoms with Gasteiger partial charge in [0, 0.05) is 16.5 Å². The highest BCUT2D eigenvalue weighted by molar-refractivity contribution is 7.87. The first-order valence-corrected chi connectivity index (χ1v) is 27.2. The van der Waals surface area contributed by atoms with Gasteiger partial charge in [-0.2, -0.15) is 43.9 Å². The molecule has 21 nitrogen and oxygen atoms in total. The molecule has 0 aliphatic rings. The minimum Gasteiger partial charge on any atom is -0.505 e. The third-order valence-electron chi connectivity index (χ3n) is 11.9. The number of azo groups is 2. The molecule has 0 aliphatic carbocycles. The largest absolute Gasteiger partial charge is 0.505 e. The van der Waals surface area contributed by atoms with Gasteiger partial charge in [-0.15, -0.1) is 10.2 Å². The molecule has 8 aromatic carbocycles. The van der Waals surface area contributed by atoms with Crippen molar-refractivity contribution in [2.24, 2.45) is 20.5 Å². The van der Waals surface area contributed by atoms with Crippen molar-refractivity contribution in [1.82, 2.24) is 0 Å². The summed E-state index contributed by atoms with van der Waals surface area (Å²) >= 11 is 0. The Morgan fingerprint density at radius 1 is 0.351 bits per heavy atom. The Morgan fingerprint density at radius 2 is 0.662 bits per heavy atom. The minimum atomic E-state index is -5.00. The van der Waals surface area contributed by atoms with Crippen LogP contribution in [0.4, 0.5) is 39.8 Å². The zero-order chi connectivity index (χ0) is 54.6. The number of benzene rings is 8. The number of phenolic OH excluding ortho intramolecular Hbond substituents is 2. The van der Waals surface area contributed by atoms with Gasteiger partial charge in [-0.1, -0.05) is 48.5 Å². The molecule has 0 radical (unpaired) electrons. The molecule has 0 saturated carbocycles. The second-order valence-electron chi connectivity index (χ2n) is 17.0. The van der Waals surface area contributed by atoms with Crippen molar-refractivity contribution in [2.45, 2.75) is 54.2 Å². The Balaban J connectivity index is 0.000000216. The molecular formula is C49H45N7O14S4. The molecule has 8 aromatic rings. The van der Waals surface area contributed by atoms with E-state index in [0.717, 1.165) is 38.9 Å². The first-order valence-electron chi connectivity index (χ1n) is 21.4. The van der Waals surface area contributed by atoms with Gasteiger partial charge < -0.3 is 27.4 Å². The molecule has 74 heavy (non-hydrogen) atoms. The number of nitrogens with zero attached hydrogens (tertiary/aromatic N) is 4. The maximum Gasteiger partial charge on any atom is 0.296 e. The lowest BCUT2D eigenvalue weighted by molar-refractivity contribution is 0.476. The summed E-state index contributed by atoms with van der Waals surface area (Å²) in [5.74, 6) is -1.38. The average Bonchev–Trinajstić information content (AvgIpc) is 3.29. The maximum atomic E-state index is 11.9. The lowest BCUT2D eigenvalue weighted by atomic mass is 9.99. The Bertz CT molecular complexity index is 3940. The summed E-state index contributed by atoms with van der Waals surface area (Å²) < 4.78 is 133. The van der Waals surface area contributed by atoms with Crippen molar-refractivity contribution in [2.75, 3.05) is 17.2 Å². The van der Waals surface area contributed by atoms with Crippen molar-refractivity contribution in [3.63, 3.8) is 0 Å². The number of phenols is 2. The zero-order valence-electron chi connectivity index (χ0n) is 39.5. The Labute approximate surface area is 424 Å². The molecule has 0 heterocycles. The summed E-state index contributed by atoms with van der Waals surface area (Å²) in [7, 11) is -19.9. The number of nitrogen functional groups attached to an aromatic ring is 3. The smallest absolute Gasteiger partial charge is 0.296 e. The van der Waals surface area contributed by atoms with E-state index < -0.39 is 93.7 Å². The van der Waals surface area contributed by atoms with E-state index >= 15 is 0 Å². The Kier molecular flexibility index (Phi) is 14.5. The van der Waals surface area contributed by atoms with Crippen molar-refractivity contribution >= 4 is 102 Å². The van der Waals surface area contributed by atoms with Gasteiger partial charge in [-0.05, 0) is 145 Å². The summed E-state index contributed by atoms with van der Waals surface area (Å²) in [4.78, 5) is -3.72. The van der Waals surface area contributed by atoms with E-state index in [0.29, 0.717) is 29.2 Å². The molecule has 0 atom stereocenters. The van der Waals surface area contributed by atoms with Crippen LogP contribution in [0.15, 0.2) is 149 Å². The maximum absolute atomic E-state index is 11.9. The predicted octanol–water partition coefficient (Wildman–Crippen LogP) is 10.5. The summed E-state index contributed by atoms with van der Waals surface area (Å²) in [6, 6.07) is 28.7. The molecule has 0 bridgehead atoms. The second-order valence-corrected chi connectivity index (χ2v) is 22.5. The topological polar surface area (TPSA) is 385 Å². The second kappa shape index (κ2) is 19.9. The average molecular weight is 1080 g/mol. The highest BCUT2D eigenvalue weighted by Gasteiger charge is 2.28. The van der Waals surface area contributed by atoms with Gasteiger partial charge in [0.1, 0.15) is 31.0 Å². The van der Waals surface area contributed by atoms with E-state index in [1.807, 2.05) is 89.2 Å². The first kappa shape index (κ1) is 53.9. The number of fused-ring (bicyclic) bond motifs is 2. The summed E-state index contributed by atoms with van der Waals surface area (Å²) in [6.45, 7) is 9.64. The van der Waals surface area contributed by atoms with E-state index in [1.165, 1.54) is 35.4 Å². The molecule has 0 fully saturated rings. The SMILES string of the molecule is Cc1cc(-c2ccc(N=Nc3ccc4c(S(=O)(=O)O)cc(S(=O)(=O)O)c(N)c4c3O)c(C)c2)ccc1N.Cc1ccc(-c2ccc(N=Nc3ccc4c(S(=O)(=O)O)cc(S(=O)(=O)O)c(N)c4c3O)c(C)c2)cc1C. The van der Waals surface area contributed by atoms with Crippen LogP contribution in [0.3, 0.4) is 0 Å². The molecule has 0 amide bonds. The first-order chi connectivity index (χ1) is 34.4. The number of anilines is 3. The molecule has 0 spiro atoms. The summed E-state index contributed by atoms with van der Waals surface area (Å²) in [6.07, 6.45) is 0. The lowest BCUT2D eigenvalue weighted by Gasteiger charge is -2.13. The number of nitrogens with two attached hydrogens (primary N) is 3. The predicted molar refractivity (Wildman–Crippen MR) is 280 cm³/mol. The number of aromatic hydroxyl groups is 2. The van der Waals surface area contributed by atoms with Crippen LogP contribution < -0.4 is 17.2 Å². The van der Waals surface area contributed by atoms with Gasteiger partial charge in [-0.3, -0.25) is 18.2 Å². The van der Waals surface area contributed by atoms with Gasteiger partial charge >= 0.3 is 0 Å². The fourth-order valence-electron chi connectivity index (χ4n) is 7.81. The van der Waals surface area contributed by atoms with E-state index in [2.05, 4.69) is 26.5 Å². The number of hydrogen-bond donors (Lipinski definition) is 9. The number of rotatable bonds is 10. The number of aryl methyl sites for hydroxylation is 5. The highest BCUT2D eigenvalue weighted by Crippen LogP contribution is 2.46. The van der Waals surface area contributed by atoms with Crippen molar-refractivity contribution in [3.8, 4) is 33.8 Å². The molecule has 25 heteroatoms. The van der Waals surface area contributed by atoms with Gasteiger partial charge in [0.25, 0.3) is 40.5 Å². The van der Waals surface area contributed by atoms with Gasteiger partial charge in [0.15, 0.2) is 11.5 Å². The fourth-order valence-corrected chi connectivity index (χ4v) is 10.7. The van der Waals surface area contributed by atoms with E-state index in [1.54, 1.807) is 12.1 Å². The van der Waals surface area contributed by atoms with Crippen LogP contribution in [0.5, 0.6) is 11.5 Å². The number of hydrogen-bond acceptors (Lipinski definition) is 17. The van der Waals surface area contributed by atoms with Crippen LogP contribution in [-0.4, -0.2) is 62.1 Å². The monoisotopic (exact) mass is 1080 g/mol. The normalized spacial score (nSPS) is 12.4. The minimum absolute atomic E-state index is 0.148. The standard InChI is InChI=1S/C25H23N3O7S2.C24H22N4O7S2/c1-13-4-5-16(10-14(13)2)17-6-8-19(15(3)11-17)27-28-20-9-7-18-21(36(30,31)32)12-22(37(33,34)35)24(26)23(18)25(20)29;1-12-9-14(3-6-17(12)25)15-4-7-18(13(2)10-15)27-28-19-8-5-16-20(36(30,31)32)11-21(37(33,34)35)23(26)22(16)24(19)29/h4-12,29H,26H2,1-3H3,(H,30,31,32)(H,33,34,35);3-11,29H,25-26H2,1-2H3,(H,30,31,32)(H,33,34,35). The molecule has 0 aromatic heterocycles. The molecule has 0 unspecified atom stereocenters. The molecular weight excluding hydrogens is 1040 g/mol. The van der Waals surface area contributed by atoms with Crippen LogP contribution in [0.2, 0.25) is 0 Å². The van der Waals surface area contributed by atoms with Gasteiger partial charge in [0.2, 0.25) is 0 Å². The lowest BCUT2D eigenvalue weighted by Crippen LogP contribution is -2.08. The zero-order valence-corrected chi connectivity index (χ0v) is 42.8. The van der Waals surface area contributed by atoms with Gasteiger partial charge in [-0.25, -0.2) is 0 Å².